The van der Waals surface area contributed by atoms with E-state index in [1.807, 2.05) is 0 Å². The molecule has 1 heterocycles. The summed E-state index contributed by atoms with van der Waals surface area (Å²) in [6.07, 6.45) is 3.01. The van der Waals surface area contributed by atoms with E-state index in [9.17, 15) is 14.9 Å². The predicted molar refractivity (Wildman–Crippen MR) is 74.0 cm³/mol. The van der Waals surface area contributed by atoms with Gasteiger partial charge in [-0.3, -0.25) is 14.9 Å². The average Bonchev–Trinajstić information content (AvgIpc) is 2.77. The fourth-order valence-corrected chi connectivity index (χ4v) is 1.87. The lowest BCUT2D eigenvalue weighted by Gasteiger charge is -2.06. The molecular weight excluding hydrogens is 307 g/mol. The normalized spacial score (nSPS) is 10.3. The van der Waals surface area contributed by atoms with Crippen molar-refractivity contribution in [1.29, 1.82) is 0 Å². The lowest BCUT2D eigenvalue weighted by atomic mass is 10.3. The van der Waals surface area contributed by atoms with Crippen molar-refractivity contribution in [1.82, 2.24) is 9.55 Å². The van der Waals surface area contributed by atoms with Crippen molar-refractivity contribution >= 4 is 40.5 Å². The number of nitro benzene ring substituents is 1. The molecule has 0 aliphatic rings. The Morgan fingerprint density at radius 3 is 2.80 bits per heavy atom. The minimum absolute atomic E-state index is 0.00523. The van der Waals surface area contributed by atoms with Gasteiger partial charge >= 0.3 is 0 Å². The van der Waals surface area contributed by atoms with Gasteiger partial charge in [0.1, 0.15) is 11.6 Å². The Morgan fingerprint density at radius 1 is 1.45 bits per heavy atom. The molecule has 20 heavy (non-hydrogen) atoms. The zero-order valence-corrected chi connectivity index (χ0v) is 11.4. The van der Waals surface area contributed by atoms with E-state index < -0.39 is 4.92 Å². The van der Waals surface area contributed by atoms with Crippen LogP contribution in [0.1, 0.15) is 0 Å². The number of nitrogens with zero attached hydrogens (tertiary/aromatic N) is 3. The van der Waals surface area contributed by atoms with Crippen LogP contribution in [0.2, 0.25) is 10.3 Å². The molecule has 0 aliphatic carbocycles. The first-order valence-electron chi connectivity index (χ1n) is 5.38. The van der Waals surface area contributed by atoms with Crippen LogP contribution in [-0.2, 0) is 11.3 Å². The Labute approximate surface area is 123 Å². The van der Waals surface area contributed by atoms with Crippen LogP contribution in [0.4, 0.5) is 11.4 Å². The van der Waals surface area contributed by atoms with Gasteiger partial charge in [-0.2, -0.15) is 0 Å². The van der Waals surface area contributed by atoms with Crippen LogP contribution in [-0.4, -0.2) is 20.4 Å². The summed E-state index contributed by atoms with van der Waals surface area (Å²) in [6, 6.07) is 4.01. The van der Waals surface area contributed by atoms with Crippen molar-refractivity contribution in [2.24, 2.45) is 0 Å². The molecule has 0 saturated carbocycles. The number of nitro groups is 1. The summed E-state index contributed by atoms with van der Waals surface area (Å²) < 4.78 is 1.43. The molecule has 1 N–H and O–H groups in total. The second-order valence-corrected chi connectivity index (χ2v) is 4.54. The highest BCUT2D eigenvalue weighted by Gasteiger charge is 2.14. The van der Waals surface area contributed by atoms with E-state index in [1.54, 1.807) is 6.20 Å². The molecule has 0 aliphatic heterocycles. The maximum Gasteiger partial charge on any atom is 0.289 e. The maximum absolute atomic E-state index is 11.8. The molecule has 1 aromatic carbocycles. The average molecular weight is 315 g/mol. The summed E-state index contributed by atoms with van der Waals surface area (Å²) in [4.78, 5) is 25.7. The van der Waals surface area contributed by atoms with Crippen molar-refractivity contribution in [3.8, 4) is 0 Å². The molecule has 0 radical (unpaired) electrons. The third-order valence-corrected chi connectivity index (χ3v) is 3.04. The Morgan fingerprint density at radius 2 is 2.20 bits per heavy atom. The number of hydrogen-bond donors (Lipinski definition) is 1. The lowest BCUT2D eigenvalue weighted by molar-refractivity contribution is -0.384. The fraction of sp³-hybridized carbons (Fsp3) is 0.0909. The monoisotopic (exact) mass is 314 g/mol. The second-order valence-electron chi connectivity index (χ2n) is 3.80. The third kappa shape index (κ3) is 3.25. The smallest absolute Gasteiger partial charge is 0.289 e. The molecular formula is C11H8Cl2N4O3. The summed E-state index contributed by atoms with van der Waals surface area (Å²) in [5.41, 5.74) is 0.00691. The number of carbonyl (C=O) groups is 1. The van der Waals surface area contributed by atoms with E-state index in [0.29, 0.717) is 0 Å². The van der Waals surface area contributed by atoms with Gasteiger partial charge < -0.3 is 9.88 Å². The summed E-state index contributed by atoms with van der Waals surface area (Å²) in [5, 5.41) is 13.4. The lowest BCUT2D eigenvalue weighted by Crippen LogP contribution is -2.18. The predicted octanol–water partition coefficient (Wildman–Crippen LogP) is 2.74. The number of aromatic nitrogens is 2. The summed E-state index contributed by atoms with van der Waals surface area (Å²) >= 11 is 11.4. The van der Waals surface area contributed by atoms with Gasteiger partial charge in [0.25, 0.3) is 5.69 Å². The molecule has 0 spiro atoms. The largest absolute Gasteiger partial charge is 0.324 e. The Balaban J connectivity index is 2.10. The molecule has 9 heteroatoms. The van der Waals surface area contributed by atoms with Crippen molar-refractivity contribution in [3.63, 3.8) is 0 Å². The minimum Gasteiger partial charge on any atom is -0.324 e. The molecule has 0 unspecified atom stereocenters. The number of rotatable bonds is 4. The first-order valence-corrected chi connectivity index (χ1v) is 6.13. The van der Waals surface area contributed by atoms with Crippen molar-refractivity contribution in [2.45, 2.75) is 6.54 Å². The quantitative estimate of drug-likeness (QED) is 0.694. The zero-order valence-electron chi connectivity index (χ0n) is 9.92. The van der Waals surface area contributed by atoms with Crippen LogP contribution in [0.3, 0.4) is 0 Å². The van der Waals surface area contributed by atoms with Gasteiger partial charge in [0.05, 0.1) is 4.92 Å². The van der Waals surface area contributed by atoms with E-state index >= 15 is 0 Å². The number of nitrogens with one attached hydrogen (secondary N) is 1. The zero-order chi connectivity index (χ0) is 14.7. The van der Waals surface area contributed by atoms with Crippen molar-refractivity contribution in [3.05, 3.63) is 51.0 Å². The molecule has 2 aromatic rings. The number of benzene rings is 1. The highest BCUT2D eigenvalue weighted by molar-refractivity contribution is 6.32. The van der Waals surface area contributed by atoms with E-state index in [0.717, 1.165) is 0 Å². The number of anilines is 1. The van der Waals surface area contributed by atoms with E-state index in [-0.39, 0.29) is 34.1 Å². The van der Waals surface area contributed by atoms with Gasteiger partial charge in [0.15, 0.2) is 0 Å². The highest BCUT2D eigenvalue weighted by atomic mass is 35.5. The van der Waals surface area contributed by atoms with Crippen LogP contribution >= 0.6 is 23.2 Å². The number of carbonyl (C=O) groups excluding carboxylic acids is 1. The Kier molecular flexibility index (Phi) is 4.21. The third-order valence-electron chi connectivity index (χ3n) is 2.41. The Bertz CT molecular complexity index is 671. The van der Waals surface area contributed by atoms with Crippen LogP contribution in [0, 0.1) is 10.1 Å². The van der Waals surface area contributed by atoms with Gasteiger partial charge in [0.2, 0.25) is 11.2 Å². The molecule has 1 amide bonds. The fourth-order valence-electron chi connectivity index (χ4n) is 1.51. The standard InChI is InChI=1S/C11H8Cl2N4O3/c12-8-2-1-7(5-9(8)17(19)20)15-10(18)6-16-4-3-14-11(16)13/h1-5H,6H2,(H,15,18). The molecule has 0 bridgehead atoms. The molecule has 1 aromatic heterocycles. The minimum atomic E-state index is -0.620. The molecule has 104 valence electrons. The second kappa shape index (κ2) is 5.89. The first kappa shape index (κ1) is 14.3. The van der Waals surface area contributed by atoms with Gasteiger partial charge in [-0.25, -0.2) is 4.98 Å². The molecule has 2 rings (SSSR count). The molecule has 0 saturated heterocycles. The summed E-state index contributed by atoms with van der Waals surface area (Å²) in [7, 11) is 0. The van der Waals surface area contributed by atoms with Gasteiger partial charge in [-0.15, -0.1) is 0 Å². The molecule has 0 fully saturated rings. The number of halogens is 2. The topological polar surface area (TPSA) is 90.1 Å². The molecule has 7 nitrogen and oxygen atoms in total. The summed E-state index contributed by atoms with van der Waals surface area (Å²) in [5.74, 6) is -0.387. The Hall–Kier alpha value is -2.12. The molecule has 0 atom stereocenters. The van der Waals surface area contributed by atoms with Crippen molar-refractivity contribution < 1.29 is 9.72 Å². The van der Waals surface area contributed by atoms with Crippen molar-refractivity contribution in [2.75, 3.05) is 5.32 Å². The van der Waals surface area contributed by atoms with Gasteiger partial charge in [0, 0.05) is 24.1 Å². The SMILES string of the molecule is O=C(Cn1ccnc1Cl)Nc1ccc(Cl)c([N+](=O)[O-])c1. The van der Waals surface area contributed by atoms with E-state index in [2.05, 4.69) is 10.3 Å². The van der Waals surface area contributed by atoms with Gasteiger partial charge in [-0.1, -0.05) is 11.6 Å². The van der Waals surface area contributed by atoms with Crippen LogP contribution in [0.15, 0.2) is 30.6 Å². The van der Waals surface area contributed by atoms with E-state index in [4.69, 9.17) is 23.2 Å². The van der Waals surface area contributed by atoms with Crippen LogP contribution < -0.4 is 5.32 Å². The summed E-state index contributed by atoms with van der Waals surface area (Å²) in [6.45, 7) is -0.0464. The van der Waals surface area contributed by atoms with Gasteiger partial charge in [-0.05, 0) is 23.7 Å². The number of hydrogen-bond acceptors (Lipinski definition) is 4. The van der Waals surface area contributed by atoms with Crippen LogP contribution in [0.25, 0.3) is 0 Å². The number of imidazole rings is 1. The highest BCUT2D eigenvalue weighted by Crippen LogP contribution is 2.27. The first-order chi connectivity index (χ1) is 9.47. The number of amides is 1. The maximum atomic E-state index is 11.8. The van der Waals surface area contributed by atoms with E-state index in [1.165, 1.54) is 29.0 Å². The van der Waals surface area contributed by atoms with Crippen LogP contribution in [0.5, 0.6) is 0 Å².